The average Bonchev–Trinajstić information content (AvgIpc) is 2.65. The summed E-state index contributed by atoms with van der Waals surface area (Å²) >= 11 is 0. The Labute approximate surface area is 167 Å². The smallest absolute Gasteiger partial charge is 0.226 e. The fraction of sp³-hybridized carbons (Fsp3) is 0.391. The number of anilines is 1. The molecule has 28 heavy (non-hydrogen) atoms. The molecule has 0 bridgehead atoms. The molecular weight excluding hydrogens is 352 g/mol. The van der Waals surface area contributed by atoms with Crippen LogP contribution in [0.1, 0.15) is 45.2 Å². The zero-order valence-electron chi connectivity index (χ0n) is 17.4. The average molecular weight is 383 g/mol. The third kappa shape index (κ3) is 6.12. The van der Waals surface area contributed by atoms with Crippen LogP contribution in [-0.4, -0.2) is 30.4 Å². The maximum atomic E-state index is 12.5. The van der Waals surface area contributed by atoms with Crippen LogP contribution in [0.3, 0.4) is 0 Å². The number of rotatable bonds is 7. The van der Waals surface area contributed by atoms with Crippen molar-refractivity contribution in [2.24, 2.45) is 0 Å². The van der Waals surface area contributed by atoms with Crippen LogP contribution >= 0.6 is 0 Å². The third-order valence-electron chi connectivity index (χ3n) is 4.60. The molecule has 0 radical (unpaired) electrons. The minimum atomic E-state index is -0.0994. The van der Waals surface area contributed by atoms with Gasteiger partial charge in [0.2, 0.25) is 11.8 Å². The van der Waals surface area contributed by atoms with Crippen LogP contribution in [0.5, 0.6) is 5.75 Å². The van der Waals surface area contributed by atoms with Gasteiger partial charge in [0.25, 0.3) is 0 Å². The number of amides is 2. The number of carbonyl (C=O) groups excluding carboxylic acids is 2. The van der Waals surface area contributed by atoms with Gasteiger partial charge in [-0.25, -0.2) is 0 Å². The minimum absolute atomic E-state index is 0.0568. The molecule has 5 nitrogen and oxygen atoms in total. The largest absolute Gasteiger partial charge is 0.497 e. The van der Waals surface area contributed by atoms with Gasteiger partial charge < -0.3 is 15.0 Å². The van der Waals surface area contributed by atoms with Crippen molar-refractivity contribution >= 4 is 17.5 Å². The number of hydrogen-bond acceptors (Lipinski definition) is 3. The summed E-state index contributed by atoms with van der Waals surface area (Å²) in [6, 6.07) is 15.4. The van der Waals surface area contributed by atoms with Gasteiger partial charge in [0.1, 0.15) is 5.75 Å². The molecule has 0 heterocycles. The van der Waals surface area contributed by atoms with E-state index in [0.717, 1.165) is 22.6 Å². The predicted molar refractivity (Wildman–Crippen MR) is 112 cm³/mol. The lowest BCUT2D eigenvalue weighted by Crippen LogP contribution is -2.31. The van der Waals surface area contributed by atoms with Crippen LogP contribution in [0, 0.1) is 0 Å². The van der Waals surface area contributed by atoms with Crippen LogP contribution in [0.15, 0.2) is 48.5 Å². The van der Waals surface area contributed by atoms with E-state index in [0.29, 0.717) is 13.1 Å². The highest BCUT2D eigenvalue weighted by Gasteiger charge is 2.19. The highest BCUT2D eigenvalue weighted by Crippen LogP contribution is 2.29. The first-order chi connectivity index (χ1) is 13.2. The van der Waals surface area contributed by atoms with E-state index < -0.39 is 0 Å². The van der Waals surface area contributed by atoms with E-state index in [1.165, 1.54) is 6.92 Å². The molecule has 0 unspecified atom stereocenters. The van der Waals surface area contributed by atoms with Crippen molar-refractivity contribution in [1.82, 2.24) is 4.90 Å². The standard InChI is InChI=1S/C23H30N2O3/c1-17(26)25(16-18-10-12-19(28-5)13-11-18)15-14-22(27)24-21-9-7-6-8-20(21)23(2,3)4/h6-13H,14-16H2,1-5H3,(H,24,27). The molecule has 0 spiro atoms. The Morgan fingerprint density at radius 1 is 1.04 bits per heavy atom. The number of ether oxygens (including phenoxy) is 1. The molecular formula is C23H30N2O3. The van der Waals surface area contributed by atoms with Crippen LogP contribution in [0.4, 0.5) is 5.69 Å². The van der Waals surface area contributed by atoms with Gasteiger partial charge in [-0.05, 0) is 34.7 Å². The summed E-state index contributed by atoms with van der Waals surface area (Å²) in [6.45, 7) is 8.70. The first-order valence-electron chi connectivity index (χ1n) is 9.48. The van der Waals surface area contributed by atoms with Crippen LogP contribution < -0.4 is 10.1 Å². The van der Waals surface area contributed by atoms with Gasteiger partial charge >= 0.3 is 0 Å². The van der Waals surface area contributed by atoms with E-state index in [1.54, 1.807) is 12.0 Å². The van der Waals surface area contributed by atoms with E-state index >= 15 is 0 Å². The Balaban J connectivity index is 1.98. The van der Waals surface area contributed by atoms with Gasteiger partial charge in [0.15, 0.2) is 0 Å². The number of carbonyl (C=O) groups is 2. The first-order valence-corrected chi connectivity index (χ1v) is 9.48. The first kappa shape index (κ1) is 21.5. The monoisotopic (exact) mass is 382 g/mol. The SMILES string of the molecule is COc1ccc(CN(CCC(=O)Nc2ccccc2C(C)(C)C)C(C)=O)cc1. The number of nitrogens with zero attached hydrogens (tertiary/aromatic N) is 1. The van der Waals surface area contributed by atoms with Gasteiger partial charge in [-0.3, -0.25) is 9.59 Å². The number of methoxy groups -OCH3 is 1. The summed E-state index contributed by atoms with van der Waals surface area (Å²) in [5.74, 6) is 0.617. The quantitative estimate of drug-likeness (QED) is 0.773. The van der Waals surface area contributed by atoms with Crippen molar-refractivity contribution < 1.29 is 14.3 Å². The van der Waals surface area contributed by atoms with Gasteiger partial charge in [-0.15, -0.1) is 0 Å². The zero-order chi connectivity index (χ0) is 20.7. The molecule has 150 valence electrons. The second kappa shape index (κ2) is 9.40. The number of benzene rings is 2. The van der Waals surface area contributed by atoms with Gasteiger partial charge in [-0.2, -0.15) is 0 Å². The maximum absolute atomic E-state index is 12.5. The molecule has 0 aliphatic rings. The van der Waals surface area contributed by atoms with E-state index in [9.17, 15) is 9.59 Å². The third-order valence-corrected chi connectivity index (χ3v) is 4.60. The normalized spacial score (nSPS) is 11.0. The van der Waals surface area contributed by atoms with E-state index in [-0.39, 0.29) is 23.7 Å². The molecule has 1 N–H and O–H groups in total. The summed E-state index contributed by atoms with van der Waals surface area (Å²) < 4.78 is 5.16. The van der Waals surface area contributed by atoms with Crippen molar-refractivity contribution in [1.29, 1.82) is 0 Å². The second-order valence-electron chi connectivity index (χ2n) is 7.88. The molecule has 0 atom stereocenters. The van der Waals surface area contributed by atoms with E-state index in [4.69, 9.17) is 4.74 Å². The summed E-state index contributed by atoms with van der Waals surface area (Å²) in [7, 11) is 1.62. The van der Waals surface area contributed by atoms with Crippen molar-refractivity contribution in [2.45, 2.75) is 46.1 Å². The molecule has 0 saturated carbocycles. The van der Waals surface area contributed by atoms with E-state index in [2.05, 4.69) is 26.1 Å². The summed E-state index contributed by atoms with van der Waals surface area (Å²) in [6.07, 6.45) is 0.244. The summed E-state index contributed by atoms with van der Waals surface area (Å²) in [5, 5.41) is 3.00. The molecule has 5 heteroatoms. The topological polar surface area (TPSA) is 58.6 Å². The second-order valence-corrected chi connectivity index (χ2v) is 7.88. The zero-order valence-corrected chi connectivity index (χ0v) is 17.4. The van der Waals surface area contributed by atoms with Gasteiger partial charge in [0, 0.05) is 32.1 Å². The van der Waals surface area contributed by atoms with Gasteiger partial charge in [0.05, 0.1) is 7.11 Å². The Morgan fingerprint density at radius 3 is 2.25 bits per heavy atom. The molecule has 0 saturated heterocycles. The highest BCUT2D eigenvalue weighted by molar-refractivity contribution is 5.92. The maximum Gasteiger partial charge on any atom is 0.226 e. The lowest BCUT2D eigenvalue weighted by atomic mass is 9.86. The summed E-state index contributed by atoms with van der Waals surface area (Å²) in [4.78, 5) is 26.2. The number of hydrogen-bond donors (Lipinski definition) is 1. The summed E-state index contributed by atoms with van der Waals surface area (Å²) in [5.41, 5.74) is 2.84. The van der Waals surface area contributed by atoms with Crippen molar-refractivity contribution in [2.75, 3.05) is 19.0 Å². The number of nitrogens with one attached hydrogen (secondary N) is 1. The van der Waals surface area contributed by atoms with Crippen LogP contribution in [0.2, 0.25) is 0 Å². The molecule has 0 aliphatic carbocycles. The van der Waals surface area contributed by atoms with Crippen molar-refractivity contribution in [3.63, 3.8) is 0 Å². The fourth-order valence-corrected chi connectivity index (χ4v) is 2.99. The molecule has 2 rings (SSSR count). The number of para-hydroxylation sites is 1. The lowest BCUT2D eigenvalue weighted by Gasteiger charge is -2.24. The molecule has 2 amide bonds. The van der Waals surface area contributed by atoms with Crippen molar-refractivity contribution in [3.8, 4) is 5.75 Å². The van der Waals surface area contributed by atoms with Crippen molar-refractivity contribution in [3.05, 3.63) is 59.7 Å². The Hall–Kier alpha value is -2.82. The Bertz CT molecular complexity index is 807. The fourth-order valence-electron chi connectivity index (χ4n) is 2.99. The van der Waals surface area contributed by atoms with E-state index in [1.807, 2.05) is 48.5 Å². The highest BCUT2D eigenvalue weighted by atomic mass is 16.5. The Kier molecular flexibility index (Phi) is 7.21. The minimum Gasteiger partial charge on any atom is -0.497 e. The predicted octanol–water partition coefficient (Wildman–Crippen LogP) is 4.37. The lowest BCUT2D eigenvalue weighted by molar-refractivity contribution is -0.129. The molecule has 0 aromatic heterocycles. The molecule has 0 fully saturated rings. The molecule has 0 aliphatic heterocycles. The molecule has 2 aromatic carbocycles. The Morgan fingerprint density at radius 2 is 1.68 bits per heavy atom. The van der Waals surface area contributed by atoms with Crippen LogP contribution in [0.25, 0.3) is 0 Å². The van der Waals surface area contributed by atoms with Gasteiger partial charge in [-0.1, -0.05) is 51.1 Å². The van der Waals surface area contributed by atoms with Crippen LogP contribution in [-0.2, 0) is 21.5 Å². The molecule has 2 aromatic rings.